The number of hydrogen-bond acceptors (Lipinski definition) is 6. The average Bonchev–Trinajstić information content (AvgIpc) is 3.48. The van der Waals surface area contributed by atoms with Crippen LogP contribution in [0, 0.1) is 0 Å². The number of benzene rings is 2. The lowest BCUT2D eigenvalue weighted by Gasteiger charge is -2.14. The summed E-state index contributed by atoms with van der Waals surface area (Å²) < 4.78 is 13.4. The molecule has 2 aromatic carbocycles. The third kappa shape index (κ3) is 4.56. The highest BCUT2D eigenvalue weighted by atomic mass is 16.5. The van der Waals surface area contributed by atoms with E-state index in [4.69, 9.17) is 9.47 Å². The minimum Gasteiger partial charge on any atom is -0.493 e. The molecule has 4 aromatic rings. The van der Waals surface area contributed by atoms with Gasteiger partial charge in [-0.25, -0.2) is 4.98 Å². The summed E-state index contributed by atoms with van der Waals surface area (Å²) in [6.07, 6.45) is 4.82. The summed E-state index contributed by atoms with van der Waals surface area (Å²) in [5, 5.41) is 9.38. The summed E-state index contributed by atoms with van der Waals surface area (Å²) in [4.78, 5) is 17.4. The maximum absolute atomic E-state index is 12.8. The fraction of sp³-hybridized carbons (Fsp3) is 0.192. The first-order valence-corrected chi connectivity index (χ1v) is 11.1. The third-order valence-electron chi connectivity index (χ3n) is 5.62. The maximum Gasteiger partial charge on any atom is 0.255 e. The van der Waals surface area contributed by atoms with E-state index < -0.39 is 0 Å². The molecule has 5 rings (SSSR count). The smallest absolute Gasteiger partial charge is 0.255 e. The summed E-state index contributed by atoms with van der Waals surface area (Å²) in [5.41, 5.74) is 4.90. The number of imidazole rings is 1. The normalized spacial score (nSPS) is 13.1. The molecule has 1 N–H and O–H groups in total. The Kier molecular flexibility index (Phi) is 5.86. The minimum absolute atomic E-state index is 0.205. The number of carbonyl (C=O) groups excluding carboxylic acids is 1. The van der Waals surface area contributed by atoms with Gasteiger partial charge in [-0.3, -0.25) is 9.80 Å². The van der Waals surface area contributed by atoms with Crippen molar-refractivity contribution < 1.29 is 14.3 Å². The Hall–Kier alpha value is -4.33. The number of hydrogen-bond donors (Lipinski definition) is 1. The van der Waals surface area contributed by atoms with Gasteiger partial charge in [0.2, 0.25) is 0 Å². The van der Waals surface area contributed by atoms with E-state index >= 15 is 0 Å². The number of fused-ring (bicyclic) bond motifs is 1. The molecule has 2 aromatic heterocycles. The van der Waals surface area contributed by atoms with Gasteiger partial charge < -0.3 is 19.2 Å². The number of ether oxygens (including phenoxy) is 2. The second-order valence-electron chi connectivity index (χ2n) is 8.06. The Morgan fingerprint density at radius 2 is 1.94 bits per heavy atom. The van der Waals surface area contributed by atoms with Crippen molar-refractivity contribution in [2.75, 3.05) is 24.0 Å². The maximum atomic E-state index is 12.8. The van der Waals surface area contributed by atoms with Crippen LogP contribution in [-0.2, 0) is 6.61 Å². The molecule has 8 heteroatoms. The van der Waals surface area contributed by atoms with Gasteiger partial charge in [0.15, 0.2) is 11.5 Å². The second-order valence-corrected chi connectivity index (χ2v) is 8.06. The fourth-order valence-corrected chi connectivity index (χ4v) is 3.82. The van der Waals surface area contributed by atoms with E-state index in [1.807, 2.05) is 59.1 Å². The van der Waals surface area contributed by atoms with Crippen LogP contribution in [0.25, 0.3) is 5.65 Å². The van der Waals surface area contributed by atoms with E-state index in [9.17, 15) is 4.79 Å². The first-order chi connectivity index (χ1) is 16.6. The standard InChI is InChI=1S/C26H25N5O3/c1-18-12-14-31(29-18)22-9-6-19(7-10-22)26(32)28-20-8-11-23(33-2)24(15-20)34-17-21-16-30-13-4-3-5-25(30)27-21/h3-11,13,15-16H,12,14,17H2,1-2H3,(H,28,32). The number of nitrogens with one attached hydrogen (secondary N) is 1. The number of hydrazone groups is 1. The Balaban J connectivity index is 1.27. The van der Waals surface area contributed by atoms with Gasteiger partial charge in [-0.2, -0.15) is 5.10 Å². The number of amides is 1. The van der Waals surface area contributed by atoms with Gasteiger partial charge >= 0.3 is 0 Å². The van der Waals surface area contributed by atoms with Crippen molar-refractivity contribution in [3.05, 3.63) is 84.3 Å². The predicted octanol–water partition coefficient (Wildman–Crippen LogP) is 4.76. The van der Waals surface area contributed by atoms with Crippen LogP contribution in [0.2, 0.25) is 0 Å². The molecule has 0 saturated carbocycles. The van der Waals surface area contributed by atoms with E-state index in [0.29, 0.717) is 22.7 Å². The van der Waals surface area contributed by atoms with Gasteiger partial charge in [0.25, 0.3) is 5.91 Å². The lowest BCUT2D eigenvalue weighted by atomic mass is 10.1. The molecule has 0 saturated heterocycles. The van der Waals surface area contributed by atoms with Crippen LogP contribution in [0.4, 0.5) is 11.4 Å². The predicted molar refractivity (Wildman–Crippen MR) is 132 cm³/mol. The number of methoxy groups -OCH3 is 1. The lowest BCUT2D eigenvalue weighted by Crippen LogP contribution is -2.14. The highest BCUT2D eigenvalue weighted by molar-refractivity contribution is 6.04. The van der Waals surface area contributed by atoms with Crippen LogP contribution < -0.4 is 19.8 Å². The molecule has 0 radical (unpaired) electrons. The minimum atomic E-state index is -0.205. The molecular weight excluding hydrogens is 430 g/mol. The molecule has 0 atom stereocenters. The van der Waals surface area contributed by atoms with Crippen molar-refractivity contribution in [1.29, 1.82) is 0 Å². The Morgan fingerprint density at radius 3 is 2.68 bits per heavy atom. The molecule has 1 amide bonds. The molecule has 8 nitrogen and oxygen atoms in total. The Labute approximate surface area is 197 Å². The van der Waals surface area contributed by atoms with Crippen molar-refractivity contribution in [2.45, 2.75) is 20.0 Å². The van der Waals surface area contributed by atoms with Gasteiger partial charge in [0, 0.05) is 48.4 Å². The fourth-order valence-electron chi connectivity index (χ4n) is 3.82. The van der Waals surface area contributed by atoms with Crippen LogP contribution >= 0.6 is 0 Å². The summed E-state index contributed by atoms with van der Waals surface area (Å²) >= 11 is 0. The molecular formula is C26H25N5O3. The zero-order valence-electron chi connectivity index (χ0n) is 19.1. The molecule has 172 valence electrons. The van der Waals surface area contributed by atoms with Crippen LogP contribution in [0.5, 0.6) is 11.5 Å². The van der Waals surface area contributed by atoms with E-state index in [1.54, 1.807) is 37.4 Å². The quantitative estimate of drug-likeness (QED) is 0.435. The summed E-state index contributed by atoms with van der Waals surface area (Å²) in [7, 11) is 1.58. The van der Waals surface area contributed by atoms with Crippen molar-refractivity contribution in [3.63, 3.8) is 0 Å². The third-order valence-corrected chi connectivity index (χ3v) is 5.62. The number of nitrogens with zero attached hydrogens (tertiary/aromatic N) is 4. The van der Waals surface area contributed by atoms with Gasteiger partial charge in [-0.15, -0.1) is 0 Å². The van der Waals surface area contributed by atoms with Crippen molar-refractivity contribution in [3.8, 4) is 11.5 Å². The van der Waals surface area contributed by atoms with Crippen LogP contribution in [-0.4, -0.2) is 34.7 Å². The first kappa shape index (κ1) is 21.5. The lowest BCUT2D eigenvalue weighted by molar-refractivity contribution is 0.102. The summed E-state index contributed by atoms with van der Waals surface area (Å²) in [6.45, 7) is 3.16. The highest BCUT2D eigenvalue weighted by Crippen LogP contribution is 2.31. The number of carbonyl (C=O) groups is 1. The van der Waals surface area contributed by atoms with Crippen molar-refractivity contribution >= 4 is 28.6 Å². The average molecular weight is 456 g/mol. The van der Waals surface area contributed by atoms with Gasteiger partial charge in [0.1, 0.15) is 12.3 Å². The molecule has 0 fully saturated rings. The SMILES string of the molecule is COc1ccc(NC(=O)c2ccc(N3CCC(C)=N3)cc2)cc1OCc1cn2ccccc2n1. The number of rotatable bonds is 7. The molecule has 0 bridgehead atoms. The number of aromatic nitrogens is 2. The van der Waals surface area contributed by atoms with Gasteiger partial charge in [-0.05, 0) is 55.5 Å². The monoisotopic (exact) mass is 455 g/mol. The van der Waals surface area contributed by atoms with Crippen molar-refractivity contribution in [1.82, 2.24) is 9.38 Å². The number of anilines is 2. The Morgan fingerprint density at radius 1 is 1.09 bits per heavy atom. The Bertz CT molecular complexity index is 1330. The topological polar surface area (TPSA) is 80.5 Å². The van der Waals surface area contributed by atoms with Gasteiger partial charge in [-0.1, -0.05) is 6.07 Å². The molecule has 34 heavy (non-hydrogen) atoms. The highest BCUT2D eigenvalue weighted by Gasteiger charge is 2.15. The second kappa shape index (κ2) is 9.27. The summed E-state index contributed by atoms with van der Waals surface area (Å²) in [5.74, 6) is 0.895. The van der Waals surface area contributed by atoms with E-state index in [0.717, 1.165) is 35.7 Å². The molecule has 0 unspecified atom stereocenters. The van der Waals surface area contributed by atoms with Crippen molar-refractivity contribution in [2.24, 2.45) is 5.10 Å². The van der Waals surface area contributed by atoms with Gasteiger partial charge in [0.05, 0.1) is 18.5 Å². The van der Waals surface area contributed by atoms with Crippen LogP contribution in [0.3, 0.4) is 0 Å². The van der Waals surface area contributed by atoms with E-state index in [-0.39, 0.29) is 12.5 Å². The molecule has 1 aliphatic rings. The largest absolute Gasteiger partial charge is 0.493 e. The zero-order chi connectivity index (χ0) is 23.5. The number of pyridine rings is 1. The zero-order valence-corrected chi connectivity index (χ0v) is 19.1. The molecule has 1 aliphatic heterocycles. The van der Waals surface area contributed by atoms with E-state index in [1.165, 1.54) is 0 Å². The summed E-state index contributed by atoms with van der Waals surface area (Å²) in [6, 6.07) is 18.6. The van der Waals surface area contributed by atoms with Crippen LogP contribution in [0.15, 0.2) is 78.2 Å². The molecule has 3 heterocycles. The van der Waals surface area contributed by atoms with Crippen LogP contribution in [0.1, 0.15) is 29.4 Å². The first-order valence-electron chi connectivity index (χ1n) is 11.1. The molecule has 0 spiro atoms. The molecule has 0 aliphatic carbocycles. The van der Waals surface area contributed by atoms with E-state index in [2.05, 4.69) is 15.4 Å².